The number of rotatable bonds is 6. The Labute approximate surface area is 118 Å². The highest BCUT2D eigenvalue weighted by Crippen LogP contribution is 2.32. The lowest BCUT2D eigenvalue weighted by molar-refractivity contribution is 0.0933. The Hall–Kier alpha value is -1.16. The average Bonchev–Trinajstić information content (AvgIpc) is 2.94. The molecule has 0 spiro atoms. The quantitative estimate of drug-likeness (QED) is 0.748. The Balaban J connectivity index is 2.21. The standard InChI is InChI=1S/C15H20O3S/c1-3-17-13-6-5-11(9-14(13)18-4-2)15(16)12-7-8-19-10-12/h5-6,9,12H,3-4,7-8,10H2,1-2H3. The van der Waals surface area contributed by atoms with E-state index in [-0.39, 0.29) is 11.7 Å². The third kappa shape index (κ3) is 3.44. The highest BCUT2D eigenvalue weighted by molar-refractivity contribution is 7.99. The van der Waals surface area contributed by atoms with E-state index in [0.717, 1.165) is 23.5 Å². The zero-order valence-electron chi connectivity index (χ0n) is 11.5. The van der Waals surface area contributed by atoms with Crippen LogP contribution in [-0.4, -0.2) is 30.5 Å². The molecule has 0 aliphatic carbocycles. The van der Waals surface area contributed by atoms with Crippen LogP contribution in [0.25, 0.3) is 0 Å². The Morgan fingerprint density at radius 2 is 2.00 bits per heavy atom. The van der Waals surface area contributed by atoms with E-state index in [1.807, 2.05) is 43.8 Å². The summed E-state index contributed by atoms with van der Waals surface area (Å²) in [6, 6.07) is 5.50. The third-order valence-electron chi connectivity index (χ3n) is 3.13. The van der Waals surface area contributed by atoms with Crippen LogP contribution in [0.1, 0.15) is 30.6 Å². The summed E-state index contributed by atoms with van der Waals surface area (Å²) in [5, 5.41) is 0. The molecule has 1 unspecified atom stereocenters. The molecule has 3 nitrogen and oxygen atoms in total. The Morgan fingerprint density at radius 3 is 2.63 bits per heavy atom. The Morgan fingerprint density at radius 1 is 1.26 bits per heavy atom. The SMILES string of the molecule is CCOc1ccc(C(=O)C2CCSC2)cc1OCC. The topological polar surface area (TPSA) is 35.5 Å². The zero-order chi connectivity index (χ0) is 13.7. The molecule has 2 rings (SSSR count). The summed E-state index contributed by atoms with van der Waals surface area (Å²) in [7, 11) is 0. The first-order valence-corrected chi connectivity index (χ1v) is 7.93. The van der Waals surface area contributed by atoms with Crippen molar-refractivity contribution in [2.24, 2.45) is 5.92 Å². The summed E-state index contributed by atoms with van der Waals surface area (Å²) < 4.78 is 11.1. The lowest BCUT2D eigenvalue weighted by Gasteiger charge is -2.13. The Bertz CT molecular complexity index is 439. The number of hydrogen-bond donors (Lipinski definition) is 0. The molecule has 1 aliphatic heterocycles. The molecule has 0 aromatic heterocycles. The van der Waals surface area contributed by atoms with Gasteiger partial charge in [0.05, 0.1) is 13.2 Å². The van der Waals surface area contributed by atoms with E-state index in [2.05, 4.69) is 0 Å². The van der Waals surface area contributed by atoms with Gasteiger partial charge in [0, 0.05) is 17.2 Å². The highest BCUT2D eigenvalue weighted by atomic mass is 32.2. The third-order valence-corrected chi connectivity index (χ3v) is 4.29. The molecule has 1 atom stereocenters. The first-order valence-electron chi connectivity index (χ1n) is 6.77. The molecule has 0 saturated carbocycles. The van der Waals surface area contributed by atoms with Crippen molar-refractivity contribution in [2.45, 2.75) is 20.3 Å². The number of ether oxygens (including phenoxy) is 2. The summed E-state index contributed by atoms with van der Waals surface area (Å²) in [5.74, 6) is 3.80. The highest BCUT2D eigenvalue weighted by Gasteiger charge is 2.25. The molecule has 1 saturated heterocycles. The Kier molecular flexibility index (Phi) is 5.14. The predicted molar refractivity (Wildman–Crippen MR) is 78.5 cm³/mol. The smallest absolute Gasteiger partial charge is 0.166 e. The fourth-order valence-electron chi connectivity index (χ4n) is 2.18. The van der Waals surface area contributed by atoms with Gasteiger partial charge in [-0.2, -0.15) is 11.8 Å². The summed E-state index contributed by atoms with van der Waals surface area (Å²) in [6.45, 7) is 5.02. The van der Waals surface area contributed by atoms with E-state index in [1.165, 1.54) is 0 Å². The second-order valence-corrected chi connectivity index (χ2v) is 5.60. The first kappa shape index (κ1) is 14.3. The largest absolute Gasteiger partial charge is 0.490 e. The van der Waals surface area contributed by atoms with Crippen LogP contribution in [0.5, 0.6) is 11.5 Å². The minimum absolute atomic E-state index is 0.164. The van der Waals surface area contributed by atoms with Crippen LogP contribution >= 0.6 is 11.8 Å². The molecule has 0 radical (unpaired) electrons. The lowest BCUT2D eigenvalue weighted by atomic mass is 9.97. The predicted octanol–water partition coefficient (Wildman–Crippen LogP) is 3.42. The molecule has 0 N–H and O–H groups in total. The molecule has 1 heterocycles. The summed E-state index contributed by atoms with van der Waals surface area (Å²) in [5.41, 5.74) is 0.736. The maximum Gasteiger partial charge on any atom is 0.166 e. The number of Topliss-reactive ketones (excluding diaryl/α,β-unsaturated/α-hetero) is 1. The van der Waals surface area contributed by atoms with Crippen molar-refractivity contribution in [1.82, 2.24) is 0 Å². The summed E-state index contributed by atoms with van der Waals surface area (Å²) in [4.78, 5) is 12.4. The van der Waals surface area contributed by atoms with Crippen LogP contribution in [-0.2, 0) is 0 Å². The summed E-state index contributed by atoms with van der Waals surface area (Å²) in [6.07, 6.45) is 0.987. The molecule has 0 amide bonds. The van der Waals surface area contributed by atoms with E-state index >= 15 is 0 Å². The van der Waals surface area contributed by atoms with Crippen LogP contribution in [0.4, 0.5) is 0 Å². The van der Waals surface area contributed by atoms with Gasteiger partial charge >= 0.3 is 0 Å². The van der Waals surface area contributed by atoms with Gasteiger partial charge in [-0.1, -0.05) is 0 Å². The summed E-state index contributed by atoms with van der Waals surface area (Å²) >= 11 is 1.85. The van der Waals surface area contributed by atoms with Gasteiger partial charge in [-0.15, -0.1) is 0 Å². The van der Waals surface area contributed by atoms with Crippen LogP contribution in [0, 0.1) is 5.92 Å². The van der Waals surface area contributed by atoms with Gasteiger partial charge in [0.1, 0.15) is 0 Å². The van der Waals surface area contributed by atoms with Crippen molar-refractivity contribution in [3.8, 4) is 11.5 Å². The van der Waals surface area contributed by atoms with Gasteiger partial charge in [0.2, 0.25) is 0 Å². The van der Waals surface area contributed by atoms with Crippen molar-refractivity contribution in [2.75, 3.05) is 24.7 Å². The number of hydrogen-bond acceptors (Lipinski definition) is 4. The van der Waals surface area contributed by atoms with Crippen molar-refractivity contribution >= 4 is 17.5 Å². The van der Waals surface area contributed by atoms with Crippen molar-refractivity contribution in [3.63, 3.8) is 0 Å². The number of benzene rings is 1. The molecule has 4 heteroatoms. The molecule has 1 aromatic carbocycles. The second kappa shape index (κ2) is 6.85. The van der Waals surface area contributed by atoms with E-state index in [9.17, 15) is 4.79 Å². The maximum atomic E-state index is 12.4. The molecule has 19 heavy (non-hydrogen) atoms. The minimum Gasteiger partial charge on any atom is -0.490 e. The molecular formula is C15H20O3S. The number of ketones is 1. The van der Waals surface area contributed by atoms with E-state index in [0.29, 0.717) is 24.7 Å². The molecule has 1 aliphatic rings. The molecule has 0 bridgehead atoms. The number of carbonyl (C=O) groups excluding carboxylic acids is 1. The van der Waals surface area contributed by atoms with Gasteiger partial charge in [-0.3, -0.25) is 4.79 Å². The molecule has 1 aromatic rings. The van der Waals surface area contributed by atoms with Crippen LogP contribution in [0.15, 0.2) is 18.2 Å². The lowest BCUT2D eigenvalue weighted by Crippen LogP contribution is -2.14. The van der Waals surface area contributed by atoms with Crippen molar-refractivity contribution < 1.29 is 14.3 Å². The van der Waals surface area contributed by atoms with Crippen LogP contribution in [0.2, 0.25) is 0 Å². The number of carbonyl (C=O) groups is 1. The number of thioether (sulfide) groups is 1. The van der Waals surface area contributed by atoms with Gasteiger partial charge in [-0.25, -0.2) is 0 Å². The molecular weight excluding hydrogens is 260 g/mol. The molecule has 1 fully saturated rings. The van der Waals surface area contributed by atoms with Gasteiger partial charge in [-0.05, 0) is 44.2 Å². The monoisotopic (exact) mass is 280 g/mol. The second-order valence-electron chi connectivity index (χ2n) is 4.45. The normalized spacial score (nSPS) is 18.3. The van der Waals surface area contributed by atoms with E-state index in [1.54, 1.807) is 0 Å². The zero-order valence-corrected chi connectivity index (χ0v) is 12.3. The molecule has 104 valence electrons. The van der Waals surface area contributed by atoms with Crippen molar-refractivity contribution in [3.05, 3.63) is 23.8 Å². The van der Waals surface area contributed by atoms with Crippen LogP contribution < -0.4 is 9.47 Å². The maximum absolute atomic E-state index is 12.4. The van der Waals surface area contributed by atoms with Gasteiger partial charge in [0.15, 0.2) is 17.3 Å². The fourth-order valence-corrected chi connectivity index (χ4v) is 3.40. The van der Waals surface area contributed by atoms with Crippen molar-refractivity contribution in [1.29, 1.82) is 0 Å². The van der Waals surface area contributed by atoms with Gasteiger partial charge < -0.3 is 9.47 Å². The van der Waals surface area contributed by atoms with Crippen LogP contribution in [0.3, 0.4) is 0 Å². The fraction of sp³-hybridized carbons (Fsp3) is 0.533. The van der Waals surface area contributed by atoms with E-state index < -0.39 is 0 Å². The minimum atomic E-state index is 0.164. The van der Waals surface area contributed by atoms with E-state index in [4.69, 9.17) is 9.47 Å². The first-order chi connectivity index (χ1) is 9.26. The average molecular weight is 280 g/mol. The van der Waals surface area contributed by atoms with Gasteiger partial charge in [0.25, 0.3) is 0 Å².